The lowest BCUT2D eigenvalue weighted by Gasteiger charge is -2.34. The van der Waals surface area contributed by atoms with E-state index in [-0.39, 0.29) is 0 Å². The smallest absolute Gasteiger partial charge is 0.157 e. The molecule has 0 saturated carbocycles. The van der Waals surface area contributed by atoms with Crippen molar-refractivity contribution in [2.24, 2.45) is 0 Å². The second-order valence-electron chi connectivity index (χ2n) is 6.31. The van der Waals surface area contributed by atoms with E-state index in [2.05, 4.69) is 53.2 Å². The average molecular weight is 287 g/mol. The molecule has 1 N–H and O–H groups in total. The molecule has 5 heteroatoms. The first-order valence-corrected chi connectivity index (χ1v) is 7.95. The van der Waals surface area contributed by atoms with Gasteiger partial charge in [0.2, 0.25) is 0 Å². The summed E-state index contributed by atoms with van der Waals surface area (Å²) in [6.45, 7) is 8.77. The molecule has 1 aliphatic heterocycles. The van der Waals surface area contributed by atoms with Crippen LogP contribution in [0.15, 0.2) is 18.5 Å². The number of hydrogen-bond donors (Lipinski definition) is 1. The maximum absolute atomic E-state index is 4.40. The van der Waals surface area contributed by atoms with Crippen molar-refractivity contribution >= 4 is 11.5 Å². The van der Waals surface area contributed by atoms with Crippen LogP contribution in [0.1, 0.15) is 38.7 Å². The summed E-state index contributed by atoms with van der Waals surface area (Å²) in [4.78, 5) is 6.78. The molecule has 114 valence electrons. The van der Waals surface area contributed by atoms with Crippen molar-refractivity contribution in [3.05, 3.63) is 24.0 Å². The minimum absolute atomic E-state index is 0.433. The van der Waals surface area contributed by atoms with Crippen molar-refractivity contribution in [1.29, 1.82) is 0 Å². The second-order valence-corrected chi connectivity index (χ2v) is 6.31. The molecule has 1 aliphatic rings. The fourth-order valence-corrected chi connectivity index (χ4v) is 3.13. The number of fused-ring (bicyclic) bond motifs is 1. The van der Waals surface area contributed by atoms with Crippen molar-refractivity contribution < 1.29 is 0 Å². The predicted octanol–water partition coefficient (Wildman–Crippen LogP) is 2.39. The van der Waals surface area contributed by atoms with Gasteiger partial charge >= 0.3 is 0 Å². The van der Waals surface area contributed by atoms with Gasteiger partial charge in [-0.15, -0.1) is 0 Å². The topological polar surface area (TPSA) is 45.5 Å². The molecule has 2 aromatic rings. The van der Waals surface area contributed by atoms with Gasteiger partial charge in [0.1, 0.15) is 12.1 Å². The number of rotatable bonds is 4. The van der Waals surface area contributed by atoms with Crippen molar-refractivity contribution in [3.63, 3.8) is 0 Å². The Balaban J connectivity index is 1.93. The van der Waals surface area contributed by atoms with Gasteiger partial charge < -0.3 is 10.2 Å². The Labute approximate surface area is 126 Å². The second kappa shape index (κ2) is 6.02. The van der Waals surface area contributed by atoms with Gasteiger partial charge in [-0.1, -0.05) is 6.42 Å². The largest absolute Gasteiger partial charge is 0.353 e. The maximum Gasteiger partial charge on any atom is 0.157 e. The lowest BCUT2D eigenvalue weighted by molar-refractivity contribution is 0.392. The van der Waals surface area contributed by atoms with Gasteiger partial charge in [0.25, 0.3) is 0 Å². The first-order chi connectivity index (χ1) is 10.1. The number of nitrogens with zero attached hydrogens (tertiary/aromatic N) is 4. The molecule has 21 heavy (non-hydrogen) atoms. The summed E-state index contributed by atoms with van der Waals surface area (Å²) >= 11 is 0. The molecular formula is C16H25N5. The molecule has 0 aromatic carbocycles. The first-order valence-electron chi connectivity index (χ1n) is 7.95. The van der Waals surface area contributed by atoms with Crippen LogP contribution in [0, 0.1) is 6.92 Å². The van der Waals surface area contributed by atoms with Crippen molar-refractivity contribution in [3.8, 4) is 0 Å². The van der Waals surface area contributed by atoms with Gasteiger partial charge in [-0.05, 0) is 57.9 Å². The molecule has 1 fully saturated rings. The summed E-state index contributed by atoms with van der Waals surface area (Å²) in [6, 6.07) is 5.29. The fourth-order valence-electron chi connectivity index (χ4n) is 3.13. The molecule has 0 bridgehead atoms. The molecule has 1 atom stereocenters. The zero-order valence-electron chi connectivity index (χ0n) is 13.2. The van der Waals surface area contributed by atoms with Crippen LogP contribution in [0.5, 0.6) is 0 Å². The molecular weight excluding hydrogens is 262 g/mol. The summed E-state index contributed by atoms with van der Waals surface area (Å²) < 4.78 is 1.95. The Bertz CT molecular complexity index is 598. The van der Waals surface area contributed by atoms with Crippen LogP contribution < -0.4 is 10.2 Å². The highest BCUT2D eigenvalue weighted by Gasteiger charge is 2.21. The van der Waals surface area contributed by atoms with E-state index in [1.807, 2.05) is 4.52 Å². The van der Waals surface area contributed by atoms with Gasteiger partial charge in [0.15, 0.2) is 5.65 Å². The van der Waals surface area contributed by atoms with Crippen LogP contribution in [0.2, 0.25) is 0 Å². The zero-order valence-corrected chi connectivity index (χ0v) is 13.2. The molecule has 0 spiro atoms. The van der Waals surface area contributed by atoms with E-state index >= 15 is 0 Å². The van der Waals surface area contributed by atoms with Crippen LogP contribution >= 0.6 is 0 Å². The van der Waals surface area contributed by atoms with Gasteiger partial charge in [0, 0.05) is 18.6 Å². The van der Waals surface area contributed by atoms with Crippen molar-refractivity contribution in [2.75, 3.05) is 18.0 Å². The molecule has 1 unspecified atom stereocenters. The molecule has 2 aromatic heterocycles. The third-order valence-electron chi connectivity index (χ3n) is 4.25. The number of aromatic nitrogens is 3. The van der Waals surface area contributed by atoms with E-state index in [1.165, 1.54) is 24.8 Å². The predicted molar refractivity (Wildman–Crippen MR) is 85.8 cm³/mol. The SMILES string of the molecule is Cc1cc(N(CC2CCCCN2)C(C)C)n2ncnc2c1. The average Bonchev–Trinajstić information content (AvgIpc) is 2.93. The Kier molecular flexibility index (Phi) is 4.10. The highest BCUT2D eigenvalue weighted by Crippen LogP contribution is 2.22. The highest BCUT2D eigenvalue weighted by atomic mass is 15.4. The Morgan fingerprint density at radius 3 is 2.95 bits per heavy atom. The Hall–Kier alpha value is -1.62. The molecule has 0 radical (unpaired) electrons. The van der Waals surface area contributed by atoms with Gasteiger partial charge in [-0.2, -0.15) is 9.61 Å². The molecule has 0 aliphatic carbocycles. The molecule has 3 heterocycles. The molecule has 3 rings (SSSR count). The van der Waals surface area contributed by atoms with Gasteiger partial charge in [0.05, 0.1) is 0 Å². The monoisotopic (exact) mass is 287 g/mol. The van der Waals surface area contributed by atoms with E-state index in [9.17, 15) is 0 Å². The summed E-state index contributed by atoms with van der Waals surface area (Å²) in [5.74, 6) is 1.14. The summed E-state index contributed by atoms with van der Waals surface area (Å²) in [6.07, 6.45) is 5.53. The van der Waals surface area contributed by atoms with Crippen molar-refractivity contribution in [2.45, 2.75) is 52.1 Å². The quantitative estimate of drug-likeness (QED) is 0.938. The number of piperidine rings is 1. The zero-order chi connectivity index (χ0) is 14.8. The van der Waals surface area contributed by atoms with Crippen LogP contribution in [-0.2, 0) is 0 Å². The summed E-state index contributed by atoms with van der Waals surface area (Å²) in [5, 5.41) is 8.04. The van der Waals surface area contributed by atoms with E-state index in [1.54, 1.807) is 6.33 Å². The minimum atomic E-state index is 0.433. The van der Waals surface area contributed by atoms with Crippen LogP contribution in [0.3, 0.4) is 0 Å². The van der Waals surface area contributed by atoms with Crippen LogP contribution in [0.25, 0.3) is 5.65 Å². The van der Waals surface area contributed by atoms with Crippen LogP contribution in [0.4, 0.5) is 5.82 Å². The number of aryl methyl sites for hydroxylation is 1. The number of nitrogens with one attached hydrogen (secondary N) is 1. The summed E-state index contributed by atoms with van der Waals surface area (Å²) in [7, 11) is 0. The summed E-state index contributed by atoms with van der Waals surface area (Å²) in [5.41, 5.74) is 2.15. The Morgan fingerprint density at radius 1 is 1.38 bits per heavy atom. The molecule has 1 saturated heterocycles. The number of hydrogen-bond acceptors (Lipinski definition) is 4. The van der Waals surface area contributed by atoms with E-state index in [4.69, 9.17) is 0 Å². The molecule has 5 nitrogen and oxygen atoms in total. The highest BCUT2D eigenvalue weighted by molar-refractivity contribution is 5.53. The lowest BCUT2D eigenvalue weighted by atomic mass is 10.0. The van der Waals surface area contributed by atoms with E-state index < -0.39 is 0 Å². The molecule has 0 amide bonds. The van der Waals surface area contributed by atoms with E-state index in [0.29, 0.717) is 12.1 Å². The maximum atomic E-state index is 4.40. The number of pyridine rings is 1. The fraction of sp³-hybridized carbons (Fsp3) is 0.625. The van der Waals surface area contributed by atoms with Crippen LogP contribution in [-0.4, -0.2) is 39.8 Å². The van der Waals surface area contributed by atoms with Crippen molar-refractivity contribution in [1.82, 2.24) is 19.9 Å². The lowest BCUT2D eigenvalue weighted by Crippen LogP contribution is -2.46. The number of anilines is 1. The van der Waals surface area contributed by atoms with E-state index in [0.717, 1.165) is 24.6 Å². The van der Waals surface area contributed by atoms with Gasteiger partial charge in [-0.25, -0.2) is 4.98 Å². The van der Waals surface area contributed by atoms with Gasteiger partial charge in [-0.3, -0.25) is 0 Å². The minimum Gasteiger partial charge on any atom is -0.353 e. The first kappa shape index (κ1) is 14.3. The normalized spacial score (nSPS) is 19.3. The Morgan fingerprint density at radius 2 is 2.24 bits per heavy atom. The third kappa shape index (κ3) is 3.02. The standard InChI is InChI=1S/C16H25N5/c1-12(2)20(10-14-6-4-5-7-17-14)16-9-13(3)8-15-18-11-19-21(15)16/h8-9,11-12,14,17H,4-7,10H2,1-3H3. The third-order valence-corrected chi connectivity index (χ3v) is 4.25.